The third kappa shape index (κ3) is 4.23. The molecular formula is C29H32Cl2FN3O3. The van der Waals surface area contributed by atoms with Crippen molar-refractivity contribution >= 4 is 40.7 Å². The third-order valence-electron chi connectivity index (χ3n) is 9.15. The molecule has 3 fully saturated rings. The monoisotopic (exact) mass is 559 g/mol. The third-order valence-corrected chi connectivity index (χ3v) is 9.69. The minimum Gasteiger partial charge on any atom is -0.390 e. The number of hydrogen-bond donors (Lipinski definition) is 4. The lowest BCUT2D eigenvalue weighted by molar-refractivity contribution is -0.127. The average molecular weight is 560 g/mol. The summed E-state index contributed by atoms with van der Waals surface area (Å²) in [5.74, 6) is -1.33. The van der Waals surface area contributed by atoms with E-state index in [2.05, 4.69) is 16.0 Å². The van der Waals surface area contributed by atoms with Gasteiger partial charge in [0.25, 0.3) is 0 Å². The van der Waals surface area contributed by atoms with Crippen molar-refractivity contribution in [3.05, 3.63) is 63.4 Å². The summed E-state index contributed by atoms with van der Waals surface area (Å²) in [6, 6.07) is 8.61. The van der Waals surface area contributed by atoms with Crippen LogP contribution >= 0.6 is 23.2 Å². The van der Waals surface area contributed by atoms with Gasteiger partial charge in [0.05, 0.1) is 16.7 Å². The van der Waals surface area contributed by atoms with E-state index >= 15 is 0 Å². The maximum atomic E-state index is 14.9. The molecule has 2 aliphatic carbocycles. The van der Waals surface area contributed by atoms with Gasteiger partial charge in [0.15, 0.2) is 0 Å². The number of carbonyl (C=O) groups is 2. The van der Waals surface area contributed by atoms with Crippen LogP contribution in [0.1, 0.15) is 68.9 Å². The number of carbonyl (C=O) groups excluding carboxylic acids is 2. The van der Waals surface area contributed by atoms with Crippen LogP contribution in [0, 0.1) is 11.7 Å². The fourth-order valence-electron chi connectivity index (χ4n) is 7.52. The first-order valence-corrected chi connectivity index (χ1v) is 14.2. The van der Waals surface area contributed by atoms with Crippen LogP contribution in [0.25, 0.3) is 0 Å². The van der Waals surface area contributed by atoms with E-state index in [1.165, 1.54) is 12.1 Å². The van der Waals surface area contributed by atoms with E-state index in [1.807, 2.05) is 6.07 Å². The number of aliphatic hydroxyl groups is 1. The Labute approximate surface area is 231 Å². The maximum Gasteiger partial charge on any atom is 0.238 e. The normalized spacial score (nSPS) is 34.3. The van der Waals surface area contributed by atoms with Crippen LogP contribution < -0.4 is 16.0 Å². The predicted octanol–water partition coefficient (Wildman–Crippen LogP) is 5.06. The molecule has 6 nitrogen and oxygen atoms in total. The van der Waals surface area contributed by atoms with E-state index in [0.29, 0.717) is 35.0 Å². The van der Waals surface area contributed by atoms with Gasteiger partial charge in [-0.2, -0.15) is 0 Å². The van der Waals surface area contributed by atoms with Crippen LogP contribution in [0.2, 0.25) is 10.0 Å². The maximum absolute atomic E-state index is 14.9. The van der Waals surface area contributed by atoms with E-state index in [-0.39, 0.29) is 28.9 Å². The van der Waals surface area contributed by atoms with Crippen molar-refractivity contribution in [3.63, 3.8) is 0 Å². The fourth-order valence-corrected chi connectivity index (χ4v) is 7.81. The van der Waals surface area contributed by atoms with Gasteiger partial charge < -0.3 is 21.1 Å². The van der Waals surface area contributed by atoms with Crippen LogP contribution in [-0.4, -0.2) is 40.6 Å². The zero-order valence-corrected chi connectivity index (χ0v) is 22.7. The molecule has 1 spiro atoms. The minimum atomic E-state index is -1.14. The number of amides is 2. The highest BCUT2D eigenvalue weighted by atomic mass is 35.5. The Morgan fingerprint density at radius 3 is 2.58 bits per heavy atom. The van der Waals surface area contributed by atoms with Gasteiger partial charge in [0, 0.05) is 28.7 Å². The van der Waals surface area contributed by atoms with Crippen molar-refractivity contribution in [1.82, 2.24) is 10.6 Å². The smallest absolute Gasteiger partial charge is 0.238 e. The molecule has 2 amide bonds. The Morgan fingerprint density at radius 1 is 1.16 bits per heavy atom. The van der Waals surface area contributed by atoms with Crippen LogP contribution in [0.3, 0.4) is 0 Å². The average Bonchev–Trinajstić information content (AvgIpc) is 3.53. The van der Waals surface area contributed by atoms with Gasteiger partial charge in [-0.05, 0) is 67.5 Å². The van der Waals surface area contributed by atoms with Crippen LogP contribution in [-0.2, 0) is 15.0 Å². The van der Waals surface area contributed by atoms with Gasteiger partial charge in [-0.3, -0.25) is 9.59 Å². The number of hydrogen-bond acceptors (Lipinski definition) is 4. The number of benzene rings is 2. The Kier molecular flexibility index (Phi) is 6.50. The molecule has 6 rings (SSSR count). The topological polar surface area (TPSA) is 90.5 Å². The Hall–Kier alpha value is -2.19. The number of rotatable bonds is 5. The summed E-state index contributed by atoms with van der Waals surface area (Å²) in [5, 5.41) is 20.4. The summed E-state index contributed by atoms with van der Waals surface area (Å²) >= 11 is 12.3. The second-order valence-corrected chi connectivity index (χ2v) is 12.7. The second kappa shape index (κ2) is 9.47. The second-order valence-electron chi connectivity index (χ2n) is 11.9. The molecule has 1 saturated heterocycles. The van der Waals surface area contributed by atoms with Gasteiger partial charge in [-0.1, -0.05) is 61.0 Å². The highest BCUT2D eigenvalue weighted by Gasteiger charge is 2.65. The molecule has 0 radical (unpaired) electrons. The first-order valence-electron chi connectivity index (χ1n) is 13.4. The van der Waals surface area contributed by atoms with Crippen molar-refractivity contribution in [1.29, 1.82) is 0 Å². The van der Waals surface area contributed by atoms with Gasteiger partial charge in [-0.25, -0.2) is 4.39 Å². The van der Waals surface area contributed by atoms with E-state index in [4.69, 9.17) is 23.2 Å². The first-order chi connectivity index (χ1) is 18.1. The molecule has 2 saturated carbocycles. The molecule has 2 aromatic rings. The summed E-state index contributed by atoms with van der Waals surface area (Å²) < 4.78 is 14.9. The number of nitrogens with one attached hydrogen (secondary N) is 3. The first kappa shape index (κ1) is 26.1. The fraction of sp³-hybridized carbons (Fsp3) is 0.517. The molecule has 4 atom stereocenters. The van der Waals surface area contributed by atoms with Crippen molar-refractivity contribution in [2.24, 2.45) is 5.92 Å². The zero-order chi connectivity index (χ0) is 26.8. The molecule has 0 bridgehead atoms. The van der Waals surface area contributed by atoms with Crippen molar-refractivity contribution < 1.29 is 19.1 Å². The molecule has 4 aliphatic rings. The molecular weight excluding hydrogens is 528 g/mol. The van der Waals surface area contributed by atoms with E-state index < -0.39 is 28.8 Å². The van der Waals surface area contributed by atoms with Gasteiger partial charge in [-0.15, -0.1) is 0 Å². The van der Waals surface area contributed by atoms with E-state index in [1.54, 1.807) is 25.1 Å². The summed E-state index contributed by atoms with van der Waals surface area (Å²) in [6.07, 6.45) is 6.12. The molecule has 0 aromatic heterocycles. The summed E-state index contributed by atoms with van der Waals surface area (Å²) in [7, 11) is 0. The highest BCUT2D eigenvalue weighted by molar-refractivity contribution is 6.31. The molecule has 38 heavy (non-hydrogen) atoms. The van der Waals surface area contributed by atoms with Crippen LogP contribution in [0.5, 0.6) is 0 Å². The molecule has 9 heteroatoms. The van der Waals surface area contributed by atoms with Gasteiger partial charge >= 0.3 is 0 Å². The number of fused-ring (bicyclic) bond motifs is 2. The van der Waals surface area contributed by atoms with E-state index in [0.717, 1.165) is 37.7 Å². The van der Waals surface area contributed by atoms with Gasteiger partial charge in [0.2, 0.25) is 11.8 Å². The molecule has 2 heterocycles. The van der Waals surface area contributed by atoms with E-state index in [9.17, 15) is 19.1 Å². The minimum absolute atomic E-state index is 0.0166. The predicted molar refractivity (Wildman–Crippen MR) is 145 cm³/mol. The standard InChI is InChI=1S/C29H32Cl2FN3O3/c1-28(38)13-18(14-28)33-26(36)25-24(16-6-9-20(31)21(32)11-16)29(23(35-25)10-15-4-2-3-5-15)19-8-7-17(30)12-22(19)34-27(29)37/h6-9,11-12,15,18,23-25,35,38H,2-5,10,13-14H2,1H3,(H,33,36)(H,34,37)/t18?,23-,24-,25+,28?,29?/m0/s1. The molecule has 2 aliphatic heterocycles. The lowest BCUT2D eigenvalue weighted by atomic mass is 9.63. The Balaban J connectivity index is 1.48. The largest absolute Gasteiger partial charge is 0.390 e. The molecule has 1 unspecified atom stereocenters. The van der Waals surface area contributed by atoms with Crippen LogP contribution in [0.4, 0.5) is 10.1 Å². The zero-order valence-electron chi connectivity index (χ0n) is 21.2. The summed E-state index contributed by atoms with van der Waals surface area (Å²) in [4.78, 5) is 28.0. The van der Waals surface area contributed by atoms with Gasteiger partial charge in [0.1, 0.15) is 11.2 Å². The van der Waals surface area contributed by atoms with Crippen molar-refractivity contribution in [2.45, 2.75) is 86.9 Å². The quantitative estimate of drug-likeness (QED) is 0.412. The highest BCUT2D eigenvalue weighted by Crippen LogP contribution is 2.56. The lowest BCUT2D eigenvalue weighted by Crippen LogP contribution is -2.57. The van der Waals surface area contributed by atoms with Crippen LogP contribution in [0.15, 0.2) is 36.4 Å². The number of anilines is 1. The molecule has 2 aromatic carbocycles. The Morgan fingerprint density at radius 2 is 1.89 bits per heavy atom. The molecule has 4 N–H and O–H groups in total. The Bertz CT molecular complexity index is 1290. The molecule has 202 valence electrons. The lowest BCUT2D eigenvalue weighted by Gasteiger charge is -2.42. The summed E-state index contributed by atoms with van der Waals surface area (Å²) in [6.45, 7) is 1.75. The SMILES string of the molecule is CC1(O)CC(NC(=O)[C@@H]2N[C@@H](CC3CCCC3)C3(C(=O)Nc4cc(Cl)ccc43)[C@H]2c2ccc(Cl)c(F)c2)C1. The van der Waals surface area contributed by atoms with Crippen molar-refractivity contribution in [2.75, 3.05) is 5.32 Å². The van der Waals surface area contributed by atoms with Crippen molar-refractivity contribution in [3.8, 4) is 0 Å². The number of halogens is 3. The summed E-state index contributed by atoms with van der Waals surface area (Å²) in [5.41, 5.74) is -0.0151.